The van der Waals surface area contributed by atoms with Crippen molar-refractivity contribution in [1.29, 1.82) is 0 Å². The Balaban J connectivity index is 1.74. The summed E-state index contributed by atoms with van der Waals surface area (Å²) in [6, 6.07) is 8.92. The number of carbonyl (C=O) groups is 1. The molecule has 1 unspecified atom stereocenters. The standard InChI is InChI=1S/C18H13Cl2FN2O2/c1-10(13-6-16(21)15(20)7-14(13)19)23-18(24)12-4-2-11(3-5-12)17-8-22-9-25-17/h2-10H,1H3,(H,23,24). The van der Waals surface area contributed by atoms with E-state index in [2.05, 4.69) is 10.3 Å². The lowest BCUT2D eigenvalue weighted by Crippen LogP contribution is -2.26. The minimum Gasteiger partial charge on any atom is -0.444 e. The Morgan fingerprint density at radius 3 is 2.56 bits per heavy atom. The number of amides is 1. The maximum Gasteiger partial charge on any atom is 0.251 e. The van der Waals surface area contributed by atoms with Crippen LogP contribution < -0.4 is 5.32 Å². The Bertz CT molecular complexity index is 896. The largest absolute Gasteiger partial charge is 0.444 e. The number of hydrogen-bond donors (Lipinski definition) is 1. The van der Waals surface area contributed by atoms with Gasteiger partial charge in [-0.1, -0.05) is 35.3 Å². The highest BCUT2D eigenvalue weighted by atomic mass is 35.5. The Hall–Kier alpha value is -2.37. The van der Waals surface area contributed by atoms with Gasteiger partial charge in [-0.3, -0.25) is 4.79 Å². The normalized spacial score (nSPS) is 12.0. The molecular weight excluding hydrogens is 366 g/mol. The Kier molecular flexibility index (Phi) is 5.06. The Morgan fingerprint density at radius 2 is 1.92 bits per heavy atom. The summed E-state index contributed by atoms with van der Waals surface area (Å²) < 4.78 is 18.8. The molecule has 0 bridgehead atoms. The van der Waals surface area contributed by atoms with Gasteiger partial charge in [0.25, 0.3) is 5.91 Å². The van der Waals surface area contributed by atoms with E-state index in [9.17, 15) is 9.18 Å². The number of rotatable bonds is 4. The zero-order valence-corrected chi connectivity index (χ0v) is 14.6. The number of aromatic nitrogens is 1. The van der Waals surface area contributed by atoms with E-state index < -0.39 is 11.9 Å². The molecule has 25 heavy (non-hydrogen) atoms. The molecule has 0 saturated carbocycles. The zero-order chi connectivity index (χ0) is 18.0. The maximum atomic E-state index is 13.6. The van der Waals surface area contributed by atoms with E-state index in [4.69, 9.17) is 27.6 Å². The highest BCUT2D eigenvalue weighted by Crippen LogP contribution is 2.29. The lowest BCUT2D eigenvalue weighted by atomic mass is 10.1. The predicted octanol–water partition coefficient (Wildman–Crippen LogP) is 5.28. The smallest absolute Gasteiger partial charge is 0.251 e. The molecule has 3 aromatic rings. The Morgan fingerprint density at radius 1 is 1.20 bits per heavy atom. The van der Waals surface area contributed by atoms with Crippen LogP contribution in [-0.2, 0) is 0 Å². The molecule has 0 aliphatic heterocycles. The van der Waals surface area contributed by atoms with Gasteiger partial charge in [0.2, 0.25) is 0 Å². The third kappa shape index (κ3) is 3.83. The van der Waals surface area contributed by atoms with Crippen molar-refractivity contribution in [2.24, 2.45) is 0 Å². The van der Waals surface area contributed by atoms with Crippen LogP contribution >= 0.6 is 23.2 Å². The minimum absolute atomic E-state index is 0.0599. The molecule has 7 heteroatoms. The Labute approximate surface area is 153 Å². The first-order valence-electron chi connectivity index (χ1n) is 7.40. The zero-order valence-electron chi connectivity index (χ0n) is 13.1. The van der Waals surface area contributed by atoms with Gasteiger partial charge in [-0.15, -0.1) is 0 Å². The van der Waals surface area contributed by atoms with Crippen LogP contribution in [0.3, 0.4) is 0 Å². The third-order valence-electron chi connectivity index (χ3n) is 3.72. The fraction of sp³-hybridized carbons (Fsp3) is 0.111. The van der Waals surface area contributed by atoms with Crippen molar-refractivity contribution in [2.75, 3.05) is 0 Å². The van der Waals surface area contributed by atoms with Gasteiger partial charge in [0.1, 0.15) is 5.82 Å². The monoisotopic (exact) mass is 378 g/mol. The van der Waals surface area contributed by atoms with Crippen molar-refractivity contribution in [3.63, 3.8) is 0 Å². The molecule has 4 nitrogen and oxygen atoms in total. The van der Waals surface area contributed by atoms with Crippen LogP contribution in [0.15, 0.2) is 53.4 Å². The van der Waals surface area contributed by atoms with Crippen LogP contribution in [-0.4, -0.2) is 10.9 Å². The van der Waals surface area contributed by atoms with Gasteiger partial charge in [-0.05, 0) is 36.8 Å². The molecular formula is C18H13Cl2FN2O2. The molecule has 3 rings (SSSR count). The number of oxazole rings is 1. The fourth-order valence-corrected chi connectivity index (χ4v) is 2.92. The summed E-state index contributed by atoms with van der Waals surface area (Å²) in [6.45, 7) is 1.72. The topological polar surface area (TPSA) is 55.1 Å². The molecule has 1 amide bonds. The minimum atomic E-state index is -0.585. The first-order chi connectivity index (χ1) is 12.0. The summed E-state index contributed by atoms with van der Waals surface area (Å²) in [5.74, 6) is -0.273. The van der Waals surface area contributed by atoms with Crippen molar-refractivity contribution in [3.05, 3.63) is 76.0 Å². The molecule has 1 aromatic heterocycles. The molecule has 0 fully saturated rings. The van der Waals surface area contributed by atoms with E-state index in [1.807, 2.05) is 0 Å². The molecule has 0 radical (unpaired) electrons. The summed E-state index contributed by atoms with van der Waals surface area (Å²) >= 11 is 11.8. The average molecular weight is 379 g/mol. The molecule has 128 valence electrons. The molecule has 0 aliphatic rings. The van der Waals surface area contributed by atoms with Crippen molar-refractivity contribution >= 4 is 29.1 Å². The van der Waals surface area contributed by atoms with Crippen LogP contribution in [0.2, 0.25) is 10.0 Å². The van der Waals surface area contributed by atoms with Crippen LogP contribution in [0.25, 0.3) is 11.3 Å². The van der Waals surface area contributed by atoms with Gasteiger partial charge >= 0.3 is 0 Å². The highest BCUT2D eigenvalue weighted by Gasteiger charge is 2.16. The van der Waals surface area contributed by atoms with Crippen LogP contribution in [0.1, 0.15) is 28.9 Å². The summed E-state index contributed by atoms with van der Waals surface area (Å²) in [5, 5.41) is 3.02. The first kappa shape index (κ1) is 17.5. The van der Waals surface area contributed by atoms with Crippen molar-refractivity contribution in [2.45, 2.75) is 13.0 Å². The highest BCUT2D eigenvalue weighted by molar-refractivity contribution is 6.35. The molecule has 1 N–H and O–H groups in total. The first-order valence-corrected chi connectivity index (χ1v) is 8.15. The lowest BCUT2D eigenvalue weighted by Gasteiger charge is -2.16. The number of hydrogen-bond acceptors (Lipinski definition) is 3. The summed E-state index contributed by atoms with van der Waals surface area (Å²) in [4.78, 5) is 16.2. The van der Waals surface area contributed by atoms with E-state index in [1.54, 1.807) is 37.4 Å². The van der Waals surface area contributed by atoms with Gasteiger partial charge in [0, 0.05) is 16.1 Å². The average Bonchev–Trinajstić information content (AvgIpc) is 3.12. The van der Waals surface area contributed by atoms with Crippen LogP contribution in [0, 0.1) is 5.82 Å². The van der Waals surface area contributed by atoms with Crippen LogP contribution in [0.5, 0.6) is 0 Å². The van der Waals surface area contributed by atoms with Crippen LogP contribution in [0.4, 0.5) is 4.39 Å². The number of nitrogens with zero attached hydrogens (tertiary/aromatic N) is 1. The molecule has 1 heterocycles. The molecule has 1 atom stereocenters. The van der Waals surface area contributed by atoms with E-state index >= 15 is 0 Å². The second-order valence-electron chi connectivity index (χ2n) is 5.43. The molecule has 0 spiro atoms. The van der Waals surface area contributed by atoms with Crippen molar-refractivity contribution in [3.8, 4) is 11.3 Å². The number of benzene rings is 2. The predicted molar refractivity (Wildman–Crippen MR) is 94.2 cm³/mol. The van der Waals surface area contributed by atoms with E-state index in [0.29, 0.717) is 21.9 Å². The number of halogens is 3. The fourth-order valence-electron chi connectivity index (χ4n) is 2.37. The summed E-state index contributed by atoms with van der Waals surface area (Å²) in [6.07, 6.45) is 2.93. The van der Waals surface area contributed by atoms with Gasteiger partial charge < -0.3 is 9.73 Å². The summed E-state index contributed by atoms with van der Waals surface area (Å²) in [5.41, 5.74) is 1.72. The summed E-state index contributed by atoms with van der Waals surface area (Å²) in [7, 11) is 0. The molecule has 0 aliphatic carbocycles. The van der Waals surface area contributed by atoms with Gasteiger partial charge in [-0.25, -0.2) is 9.37 Å². The maximum absolute atomic E-state index is 13.6. The van der Waals surface area contributed by atoms with E-state index in [-0.39, 0.29) is 10.9 Å². The van der Waals surface area contributed by atoms with Gasteiger partial charge in [0.05, 0.1) is 17.3 Å². The number of carbonyl (C=O) groups excluding carboxylic acids is 1. The SMILES string of the molecule is CC(NC(=O)c1ccc(-c2cnco2)cc1)c1cc(F)c(Cl)cc1Cl. The second kappa shape index (κ2) is 7.25. The van der Waals surface area contributed by atoms with E-state index in [1.165, 1.54) is 18.5 Å². The molecule has 2 aromatic carbocycles. The second-order valence-corrected chi connectivity index (χ2v) is 6.24. The lowest BCUT2D eigenvalue weighted by molar-refractivity contribution is 0.0940. The van der Waals surface area contributed by atoms with Crippen molar-refractivity contribution in [1.82, 2.24) is 10.3 Å². The van der Waals surface area contributed by atoms with Gasteiger partial charge in [0.15, 0.2) is 12.2 Å². The third-order valence-corrected chi connectivity index (χ3v) is 4.33. The quantitative estimate of drug-likeness (QED) is 0.628. The van der Waals surface area contributed by atoms with Gasteiger partial charge in [-0.2, -0.15) is 0 Å². The number of nitrogens with one attached hydrogen (secondary N) is 1. The molecule has 0 saturated heterocycles. The van der Waals surface area contributed by atoms with E-state index in [0.717, 1.165) is 5.56 Å². The van der Waals surface area contributed by atoms with Crippen molar-refractivity contribution < 1.29 is 13.6 Å².